The molecule has 0 aliphatic carbocycles. The largest absolute Gasteiger partial charge is 0.127 e. The van der Waals surface area contributed by atoms with E-state index in [4.69, 9.17) is 23.2 Å². The molecule has 0 N–H and O–H groups in total. The van der Waals surface area contributed by atoms with Gasteiger partial charge in [0.1, 0.15) is 0 Å². The first-order valence-corrected chi connectivity index (χ1v) is 4.11. The molecule has 54 valence electrons. The van der Waals surface area contributed by atoms with Crippen LogP contribution >= 0.6 is 23.2 Å². The minimum Gasteiger partial charge on any atom is -0.127 e. The molecule has 9 heavy (non-hydrogen) atoms. The molecule has 0 spiro atoms. The van der Waals surface area contributed by atoms with Crippen LogP contribution in [-0.2, 0) is 0 Å². The third-order valence-corrected chi connectivity index (χ3v) is 1.61. The van der Waals surface area contributed by atoms with Gasteiger partial charge in [0, 0.05) is 11.4 Å². The lowest BCUT2D eigenvalue weighted by atomic mass is 10.1. The first kappa shape index (κ1) is 9.32. The Balaban J connectivity index is 3.15. The fraction of sp³-hybridized carbons (Fsp3) is 0.714. The van der Waals surface area contributed by atoms with E-state index in [0.29, 0.717) is 5.92 Å². The van der Waals surface area contributed by atoms with E-state index in [1.165, 1.54) is 0 Å². The van der Waals surface area contributed by atoms with Crippen LogP contribution in [0, 0.1) is 5.92 Å². The van der Waals surface area contributed by atoms with Gasteiger partial charge >= 0.3 is 0 Å². The molecule has 1 unspecified atom stereocenters. The zero-order valence-corrected chi connectivity index (χ0v) is 7.12. The molecule has 0 bridgehead atoms. The van der Waals surface area contributed by atoms with E-state index in [2.05, 4.69) is 6.92 Å². The predicted octanol–water partition coefficient (Wildman–Crippen LogP) is 3.39. The van der Waals surface area contributed by atoms with Gasteiger partial charge in [0.05, 0.1) is 0 Å². The molecule has 0 saturated heterocycles. The maximum atomic E-state index is 5.49. The lowest BCUT2D eigenvalue weighted by Crippen LogP contribution is -1.88. The Bertz CT molecular complexity index is 79.0. The molecule has 0 nitrogen and oxygen atoms in total. The van der Waals surface area contributed by atoms with Crippen LogP contribution in [0.1, 0.15) is 19.8 Å². The average molecular weight is 167 g/mol. The van der Waals surface area contributed by atoms with E-state index in [0.717, 1.165) is 18.7 Å². The summed E-state index contributed by atoms with van der Waals surface area (Å²) in [6.45, 7) is 2.13. The summed E-state index contributed by atoms with van der Waals surface area (Å²) in [5, 5.41) is 0. The second-order valence-electron chi connectivity index (χ2n) is 2.13. The quantitative estimate of drug-likeness (QED) is 0.563. The number of allylic oxidation sites excluding steroid dienone is 1. The summed E-state index contributed by atoms with van der Waals surface area (Å²) in [5.41, 5.74) is 1.57. The summed E-state index contributed by atoms with van der Waals surface area (Å²) in [7, 11) is 0. The van der Waals surface area contributed by atoms with E-state index in [1.807, 2.05) is 6.08 Å². The highest BCUT2D eigenvalue weighted by atomic mass is 35.5. The summed E-state index contributed by atoms with van der Waals surface area (Å²) in [5.74, 6) is 1.32. The summed E-state index contributed by atoms with van der Waals surface area (Å²) in [6, 6.07) is 0. The number of hydrogen-bond donors (Lipinski definition) is 0. The third kappa shape index (κ3) is 6.20. The fourth-order valence-corrected chi connectivity index (χ4v) is 1.02. The van der Waals surface area contributed by atoms with Crippen molar-refractivity contribution in [3.05, 3.63) is 11.6 Å². The Kier molecular flexibility index (Phi) is 6.67. The summed E-state index contributed by atoms with van der Waals surface area (Å²) < 4.78 is 0. The lowest BCUT2D eigenvalue weighted by molar-refractivity contribution is 0.637. The highest BCUT2D eigenvalue weighted by Crippen LogP contribution is 2.07. The van der Waals surface area contributed by atoms with Crippen molar-refractivity contribution < 1.29 is 0 Å². The molecular formula is C7H12Cl2. The summed E-state index contributed by atoms with van der Waals surface area (Å²) >= 11 is 10.9. The monoisotopic (exact) mass is 166 g/mol. The Labute approximate surface area is 66.8 Å². The molecule has 0 aromatic carbocycles. The highest BCUT2D eigenvalue weighted by molar-refractivity contribution is 6.25. The van der Waals surface area contributed by atoms with Crippen LogP contribution < -0.4 is 0 Å². The molecule has 0 saturated carbocycles. The first-order chi connectivity index (χ1) is 4.31. The van der Waals surface area contributed by atoms with Crippen LogP contribution in [0.3, 0.4) is 0 Å². The van der Waals surface area contributed by atoms with Gasteiger partial charge in [-0.25, -0.2) is 0 Å². The second-order valence-corrected chi connectivity index (χ2v) is 2.76. The van der Waals surface area contributed by atoms with Gasteiger partial charge < -0.3 is 0 Å². The summed E-state index contributed by atoms with van der Waals surface area (Å²) in [6.07, 6.45) is 4.19. The Hall–Kier alpha value is 0.320. The maximum absolute atomic E-state index is 5.49. The van der Waals surface area contributed by atoms with Gasteiger partial charge in [-0.15, -0.1) is 11.6 Å². The third-order valence-electron chi connectivity index (χ3n) is 1.19. The van der Waals surface area contributed by atoms with E-state index >= 15 is 0 Å². The van der Waals surface area contributed by atoms with E-state index in [1.54, 1.807) is 5.54 Å². The standard InChI is InChI=1S/C7H12Cl2/c1-7(4-6-9)3-2-5-8/h4,6-7H,2-3,5H2,1H3. The smallest absolute Gasteiger partial charge is 0.0223 e. The topological polar surface area (TPSA) is 0 Å². The van der Waals surface area contributed by atoms with Crippen molar-refractivity contribution in [2.45, 2.75) is 19.8 Å². The van der Waals surface area contributed by atoms with Crippen molar-refractivity contribution in [1.29, 1.82) is 0 Å². The second kappa shape index (κ2) is 6.44. The molecule has 1 atom stereocenters. The lowest BCUT2D eigenvalue weighted by Gasteiger charge is -2.00. The van der Waals surface area contributed by atoms with E-state index in [-0.39, 0.29) is 0 Å². The molecule has 0 aromatic heterocycles. The molecule has 0 aliphatic rings. The summed E-state index contributed by atoms with van der Waals surface area (Å²) in [4.78, 5) is 0. The fourth-order valence-electron chi connectivity index (χ4n) is 0.620. The highest BCUT2D eigenvalue weighted by Gasteiger charge is 1.93. The minimum absolute atomic E-state index is 0.571. The van der Waals surface area contributed by atoms with Gasteiger partial charge in [-0.1, -0.05) is 24.6 Å². The van der Waals surface area contributed by atoms with E-state index < -0.39 is 0 Å². The Morgan fingerprint density at radius 2 is 2.22 bits per heavy atom. The van der Waals surface area contributed by atoms with Crippen molar-refractivity contribution in [2.75, 3.05) is 5.88 Å². The minimum atomic E-state index is 0.571. The van der Waals surface area contributed by atoms with Gasteiger partial charge in [0.2, 0.25) is 0 Å². The Morgan fingerprint density at radius 3 is 2.67 bits per heavy atom. The Morgan fingerprint density at radius 1 is 1.56 bits per heavy atom. The van der Waals surface area contributed by atoms with Gasteiger partial charge in [0.15, 0.2) is 0 Å². The average Bonchev–Trinajstić information content (AvgIpc) is 1.85. The zero-order chi connectivity index (χ0) is 7.11. The van der Waals surface area contributed by atoms with Crippen molar-refractivity contribution in [3.63, 3.8) is 0 Å². The number of hydrogen-bond acceptors (Lipinski definition) is 0. The molecule has 2 heteroatoms. The predicted molar refractivity (Wildman–Crippen MR) is 44.1 cm³/mol. The van der Waals surface area contributed by atoms with Crippen LogP contribution in [-0.4, -0.2) is 5.88 Å². The van der Waals surface area contributed by atoms with E-state index in [9.17, 15) is 0 Å². The number of halogens is 2. The molecule has 0 heterocycles. The first-order valence-electron chi connectivity index (χ1n) is 3.14. The van der Waals surface area contributed by atoms with Crippen molar-refractivity contribution >= 4 is 23.2 Å². The molecule has 0 amide bonds. The van der Waals surface area contributed by atoms with Gasteiger partial charge in [0.25, 0.3) is 0 Å². The number of alkyl halides is 1. The SMILES string of the molecule is CC(C=CCl)CCCCl. The van der Waals surface area contributed by atoms with Crippen molar-refractivity contribution in [1.82, 2.24) is 0 Å². The molecule has 0 rings (SSSR count). The van der Waals surface area contributed by atoms with Crippen LogP contribution in [0.5, 0.6) is 0 Å². The molecular weight excluding hydrogens is 155 g/mol. The van der Waals surface area contributed by atoms with Crippen LogP contribution in [0.2, 0.25) is 0 Å². The van der Waals surface area contributed by atoms with Crippen LogP contribution in [0.4, 0.5) is 0 Å². The normalized spacial score (nSPS) is 14.6. The molecule has 0 radical (unpaired) electrons. The molecule has 0 aromatic rings. The molecule has 0 fully saturated rings. The van der Waals surface area contributed by atoms with Crippen LogP contribution in [0.15, 0.2) is 11.6 Å². The maximum Gasteiger partial charge on any atom is 0.0223 e. The zero-order valence-electron chi connectivity index (χ0n) is 5.61. The van der Waals surface area contributed by atoms with Crippen molar-refractivity contribution in [3.8, 4) is 0 Å². The molecule has 0 aliphatic heterocycles. The van der Waals surface area contributed by atoms with Crippen molar-refractivity contribution in [2.24, 2.45) is 5.92 Å². The van der Waals surface area contributed by atoms with Gasteiger partial charge in [-0.3, -0.25) is 0 Å². The van der Waals surface area contributed by atoms with Gasteiger partial charge in [-0.2, -0.15) is 0 Å². The van der Waals surface area contributed by atoms with Crippen LogP contribution in [0.25, 0.3) is 0 Å². The van der Waals surface area contributed by atoms with Gasteiger partial charge in [-0.05, 0) is 18.8 Å². The number of rotatable bonds is 4.